The molecule has 2 aliphatic heterocycles. The molecule has 0 radical (unpaired) electrons. The van der Waals surface area contributed by atoms with E-state index in [9.17, 15) is 32.7 Å². The number of methoxy groups -OCH3 is 1. The molecule has 2 unspecified atom stereocenters. The van der Waals surface area contributed by atoms with E-state index in [0.717, 1.165) is 5.56 Å². The second-order valence-corrected chi connectivity index (χ2v) is 11.6. The van der Waals surface area contributed by atoms with E-state index in [0.29, 0.717) is 31.4 Å². The van der Waals surface area contributed by atoms with Gasteiger partial charge in [0.2, 0.25) is 27.7 Å². The van der Waals surface area contributed by atoms with Crippen molar-refractivity contribution in [3.8, 4) is 11.5 Å². The molecule has 13 heteroatoms. The number of ether oxygens (including phenoxy) is 2. The number of unbranched alkanes of at least 4 members (excludes halogenated alkanes) is 1. The molecule has 40 heavy (non-hydrogen) atoms. The van der Waals surface area contributed by atoms with Crippen LogP contribution in [-0.4, -0.2) is 63.0 Å². The third-order valence-electron chi connectivity index (χ3n) is 6.96. The largest absolute Gasteiger partial charge is 0.507 e. The molecule has 0 aliphatic carbocycles. The number of hydrogen-bond donors (Lipinski definition) is 4. The first-order chi connectivity index (χ1) is 19.0. The lowest BCUT2D eigenvalue weighted by atomic mass is 9.87. The Morgan fingerprint density at radius 3 is 2.48 bits per heavy atom. The summed E-state index contributed by atoms with van der Waals surface area (Å²) >= 11 is 0. The summed E-state index contributed by atoms with van der Waals surface area (Å²) in [6.45, 7) is 0.554. The number of carbonyl (C=O) groups excluding carboxylic acids is 4. The number of nitrogens with one attached hydrogen (secondary N) is 3. The Bertz CT molecular complexity index is 1410. The summed E-state index contributed by atoms with van der Waals surface area (Å²) in [6.07, 6.45) is 1.69. The number of esters is 1. The summed E-state index contributed by atoms with van der Waals surface area (Å²) in [6, 6.07) is 11.1. The van der Waals surface area contributed by atoms with Crippen molar-refractivity contribution in [2.45, 2.75) is 49.3 Å². The number of carbonyl (C=O) groups is 4. The Hall–Kier alpha value is -4.13. The van der Waals surface area contributed by atoms with Crippen molar-refractivity contribution in [3.63, 3.8) is 0 Å². The summed E-state index contributed by atoms with van der Waals surface area (Å²) in [5.74, 6) is -1.86. The van der Waals surface area contributed by atoms with Crippen LogP contribution in [0.25, 0.3) is 0 Å². The molecule has 0 aromatic heterocycles. The number of benzene rings is 2. The van der Waals surface area contributed by atoms with E-state index in [4.69, 9.17) is 4.74 Å². The predicted molar refractivity (Wildman–Crippen MR) is 142 cm³/mol. The number of aromatic hydroxyl groups is 1. The van der Waals surface area contributed by atoms with Gasteiger partial charge in [0.15, 0.2) is 0 Å². The molecule has 2 saturated heterocycles. The van der Waals surface area contributed by atoms with Crippen molar-refractivity contribution in [3.05, 3.63) is 59.2 Å². The zero-order valence-electron chi connectivity index (χ0n) is 21.9. The fourth-order valence-corrected chi connectivity index (χ4v) is 6.30. The second-order valence-electron chi connectivity index (χ2n) is 9.76. The van der Waals surface area contributed by atoms with Gasteiger partial charge in [-0.2, -0.15) is 0 Å². The molecule has 12 nitrogen and oxygen atoms in total. The molecular weight excluding hydrogens is 542 g/mol. The van der Waals surface area contributed by atoms with Gasteiger partial charge in [-0.1, -0.05) is 30.3 Å². The maximum absolute atomic E-state index is 13.2. The lowest BCUT2D eigenvalue weighted by molar-refractivity contribution is -0.130. The maximum atomic E-state index is 13.2. The van der Waals surface area contributed by atoms with E-state index >= 15 is 0 Å². The zero-order valence-corrected chi connectivity index (χ0v) is 22.7. The molecule has 0 spiro atoms. The Balaban J connectivity index is 1.31. The van der Waals surface area contributed by atoms with E-state index in [1.807, 2.05) is 4.72 Å². The highest BCUT2D eigenvalue weighted by Crippen LogP contribution is 2.32. The van der Waals surface area contributed by atoms with Crippen molar-refractivity contribution in [2.24, 2.45) is 0 Å². The summed E-state index contributed by atoms with van der Waals surface area (Å²) in [7, 11) is -2.55. The summed E-state index contributed by atoms with van der Waals surface area (Å²) in [4.78, 5) is 48.8. The number of sulfonamides is 1. The molecule has 0 bridgehead atoms. The van der Waals surface area contributed by atoms with Crippen molar-refractivity contribution in [2.75, 3.05) is 20.3 Å². The van der Waals surface area contributed by atoms with Crippen LogP contribution in [0.15, 0.2) is 42.5 Å². The number of hydrogen-bond acceptors (Lipinski definition) is 9. The first-order valence-electron chi connectivity index (χ1n) is 12.8. The first kappa shape index (κ1) is 28.9. The van der Waals surface area contributed by atoms with E-state index in [-0.39, 0.29) is 54.7 Å². The molecule has 4 rings (SSSR count). The third-order valence-corrected chi connectivity index (χ3v) is 8.66. The molecule has 0 saturated carbocycles. The summed E-state index contributed by atoms with van der Waals surface area (Å²) in [5.41, 5.74) is 0.0166. The van der Waals surface area contributed by atoms with Gasteiger partial charge in [0.25, 0.3) is 0 Å². The third kappa shape index (κ3) is 6.36. The van der Waals surface area contributed by atoms with Gasteiger partial charge >= 0.3 is 5.97 Å². The average Bonchev–Trinajstić information content (AvgIpc) is 3.43. The van der Waals surface area contributed by atoms with Gasteiger partial charge in [0, 0.05) is 19.4 Å². The maximum Gasteiger partial charge on any atom is 0.345 e. The van der Waals surface area contributed by atoms with Crippen LogP contribution in [0.5, 0.6) is 11.5 Å². The van der Waals surface area contributed by atoms with Gasteiger partial charge in [0.05, 0.1) is 20.1 Å². The van der Waals surface area contributed by atoms with E-state index in [1.165, 1.54) is 13.2 Å². The van der Waals surface area contributed by atoms with E-state index in [2.05, 4.69) is 15.4 Å². The van der Waals surface area contributed by atoms with Crippen LogP contribution in [0.1, 0.15) is 58.8 Å². The minimum atomic E-state index is -3.76. The normalized spacial score (nSPS) is 21.4. The molecule has 2 aliphatic rings. The van der Waals surface area contributed by atoms with Crippen LogP contribution >= 0.6 is 0 Å². The summed E-state index contributed by atoms with van der Waals surface area (Å²) < 4.78 is 36.6. The molecule has 3 amide bonds. The fraction of sp³-hybridized carbons (Fsp3) is 0.407. The first-order valence-corrected chi connectivity index (χ1v) is 14.3. The topological polar surface area (TPSA) is 177 Å². The van der Waals surface area contributed by atoms with Crippen molar-refractivity contribution in [1.29, 1.82) is 0 Å². The standard InChI is InChI=1S/C27H31N3O9S/c1-38-25(34)24-19(31)5-4-6-20(24)39-14-3-2-13-28-26(35)27(12-11-22(32)29-27)16-17-7-9-18(10-8-17)21-15-23(33)30-40(21,36)37/h4-10,21,31H,2-3,11-16H2,1H3,(H,28,35)(H,29,32)(H,30,33). The van der Waals surface area contributed by atoms with Crippen LogP contribution in [0.4, 0.5) is 0 Å². The lowest BCUT2D eigenvalue weighted by Crippen LogP contribution is -2.56. The van der Waals surface area contributed by atoms with Gasteiger partial charge in [-0.3, -0.25) is 19.1 Å². The Kier molecular flexibility index (Phi) is 8.62. The molecule has 2 heterocycles. The smallest absolute Gasteiger partial charge is 0.345 e. The van der Waals surface area contributed by atoms with E-state index in [1.54, 1.807) is 36.4 Å². The van der Waals surface area contributed by atoms with Gasteiger partial charge in [-0.25, -0.2) is 13.2 Å². The zero-order chi connectivity index (χ0) is 28.9. The van der Waals surface area contributed by atoms with Gasteiger partial charge in [-0.05, 0) is 42.5 Å². The monoisotopic (exact) mass is 573 g/mol. The second kappa shape index (κ2) is 11.9. The summed E-state index contributed by atoms with van der Waals surface area (Å²) in [5, 5.41) is 14.7. The van der Waals surface area contributed by atoms with Gasteiger partial charge < -0.3 is 25.2 Å². The minimum Gasteiger partial charge on any atom is -0.507 e. The Labute approximate surface area is 231 Å². The number of amides is 3. The number of rotatable bonds is 11. The number of phenols is 1. The SMILES string of the molecule is COC(=O)c1c(O)cccc1OCCCCNC(=O)C1(Cc2ccc(C3CC(=O)NS3(=O)=O)cc2)CCC(=O)N1. The molecule has 2 atom stereocenters. The highest BCUT2D eigenvalue weighted by molar-refractivity contribution is 7.90. The van der Waals surface area contributed by atoms with Crippen LogP contribution in [-0.2, 0) is 35.6 Å². The van der Waals surface area contributed by atoms with Crippen molar-refractivity contribution >= 4 is 33.7 Å². The molecule has 4 N–H and O–H groups in total. The van der Waals surface area contributed by atoms with Crippen LogP contribution in [0.2, 0.25) is 0 Å². The lowest BCUT2D eigenvalue weighted by Gasteiger charge is -2.28. The predicted octanol–water partition coefficient (Wildman–Crippen LogP) is 1.24. The highest BCUT2D eigenvalue weighted by atomic mass is 32.2. The van der Waals surface area contributed by atoms with Crippen molar-refractivity contribution < 1.29 is 42.2 Å². The molecule has 214 valence electrons. The fourth-order valence-electron chi connectivity index (χ4n) is 4.87. The van der Waals surface area contributed by atoms with Crippen LogP contribution < -0.4 is 20.1 Å². The highest BCUT2D eigenvalue weighted by Gasteiger charge is 2.44. The molecular formula is C27H31N3O9S. The van der Waals surface area contributed by atoms with Crippen LogP contribution in [0, 0.1) is 0 Å². The van der Waals surface area contributed by atoms with Gasteiger partial charge in [0.1, 0.15) is 27.9 Å². The molecule has 2 aromatic carbocycles. The number of phenolic OH excluding ortho intramolecular Hbond substituents is 1. The molecule has 2 fully saturated rings. The van der Waals surface area contributed by atoms with Gasteiger partial charge in [-0.15, -0.1) is 0 Å². The van der Waals surface area contributed by atoms with E-state index < -0.39 is 32.7 Å². The Morgan fingerprint density at radius 2 is 1.85 bits per heavy atom. The molecule has 2 aromatic rings. The minimum absolute atomic E-state index is 0.0553. The quantitative estimate of drug-likeness (QED) is 0.227. The Morgan fingerprint density at radius 1 is 1.10 bits per heavy atom. The van der Waals surface area contributed by atoms with Crippen LogP contribution in [0.3, 0.4) is 0 Å². The van der Waals surface area contributed by atoms with Crippen molar-refractivity contribution in [1.82, 2.24) is 15.4 Å². The average molecular weight is 574 g/mol.